The minimum Gasteiger partial charge on any atom is -0.228 e. The highest BCUT2D eigenvalue weighted by molar-refractivity contribution is 6.05. The average Bonchev–Trinajstić information content (AvgIpc) is 3.47. The molecule has 1 heterocycles. The van der Waals surface area contributed by atoms with Crippen LogP contribution in [0.5, 0.6) is 0 Å². The van der Waals surface area contributed by atoms with Crippen LogP contribution >= 0.6 is 0 Å². The number of hydrogen-bond donors (Lipinski definition) is 0. The van der Waals surface area contributed by atoms with Crippen LogP contribution in [0, 0.1) is 0 Å². The number of aromatic nitrogens is 2. The molecule has 1 aliphatic rings. The van der Waals surface area contributed by atoms with Crippen molar-refractivity contribution in [2.75, 3.05) is 0 Å². The number of fused-ring (bicyclic) bond motifs is 6. The van der Waals surface area contributed by atoms with Crippen molar-refractivity contribution < 1.29 is 0 Å². The lowest BCUT2D eigenvalue weighted by molar-refractivity contribution is 0.666. The first-order chi connectivity index (χ1) is 26.0. The lowest BCUT2D eigenvalue weighted by atomic mass is 9.80. The van der Waals surface area contributed by atoms with Gasteiger partial charge in [0.05, 0.1) is 11.4 Å². The first-order valence-electron chi connectivity index (χ1n) is 18.3. The fourth-order valence-corrected chi connectivity index (χ4v) is 8.55. The number of rotatable bonds is 5. The van der Waals surface area contributed by atoms with E-state index >= 15 is 0 Å². The van der Waals surface area contributed by atoms with E-state index < -0.39 is 0 Å². The summed E-state index contributed by atoms with van der Waals surface area (Å²) in [4.78, 5) is 10.3. The molecule has 250 valence electrons. The zero-order valence-electron chi connectivity index (χ0n) is 29.7. The second-order valence-electron chi connectivity index (χ2n) is 14.5. The Bertz CT molecular complexity index is 2780. The lowest BCUT2D eigenvalue weighted by Gasteiger charge is -2.23. The summed E-state index contributed by atoms with van der Waals surface area (Å²) in [6.07, 6.45) is 0. The van der Waals surface area contributed by atoms with Gasteiger partial charge in [0.2, 0.25) is 0 Å². The predicted octanol–water partition coefficient (Wildman–Crippen LogP) is 13.4. The molecule has 2 heteroatoms. The summed E-state index contributed by atoms with van der Waals surface area (Å²) >= 11 is 0. The molecule has 0 fully saturated rings. The van der Waals surface area contributed by atoms with Crippen LogP contribution < -0.4 is 0 Å². The summed E-state index contributed by atoms with van der Waals surface area (Å²) in [5, 5.41) is 4.95. The fraction of sp³-hybridized carbons (Fsp3) is 0.0588. The Morgan fingerprint density at radius 2 is 0.906 bits per heavy atom. The third-order valence-corrected chi connectivity index (χ3v) is 11.1. The third-order valence-electron chi connectivity index (χ3n) is 11.1. The molecule has 0 N–H and O–H groups in total. The Labute approximate surface area is 310 Å². The van der Waals surface area contributed by atoms with Gasteiger partial charge in [-0.1, -0.05) is 184 Å². The van der Waals surface area contributed by atoms with Crippen molar-refractivity contribution in [2.24, 2.45) is 0 Å². The van der Waals surface area contributed by atoms with Crippen molar-refractivity contribution in [1.29, 1.82) is 0 Å². The van der Waals surface area contributed by atoms with Crippen LogP contribution in [-0.2, 0) is 5.41 Å². The quantitative estimate of drug-likeness (QED) is 0.181. The van der Waals surface area contributed by atoms with Crippen molar-refractivity contribution in [3.05, 3.63) is 193 Å². The maximum atomic E-state index is 5.16. The molecule has 1 aliphatic carbocycles. The lowest BCUT2D eigenvalue weighted by Crippen LogP contribution is -2.15. The van der Waals surface area contributed by atoms with Gasteiger partial charge >= 0.3 is 0 Å². The molecule has 0 unspecified atom stereocenters. The largest absolute Gasteiger partial charge is 0.228 e. The molecular weight excluding hydrogens is 641 g/mol. The maximum Gasteiger partial charge on any atom is 0.161 e. The van der Waals surface area contributed by atoms with Gasteiger partial charge in [-0.2, -0.15) is 0 Å². The molecule has 8 aromatic carbocycles. The fourth-order valence-electron chi connectivity index (χ4n) is 8.55. The predicted molar refractivity (Wildman–Crippen MR) is 222 cm³/mol. The number of benzene rings is 8. The van der Waals surface area contributed by atoms with E-state index in [2.05, 4.69) is 184 Å². The molecule has 0 atom stereocenters. The monoisotopic (exact) mass is 676 g/mol. The normalized spacial score (nSPS) is 12.9. The SMILES string of the molecule is CC1(C)c2cccc(-c3ccc(-c4ccc(-c5nc(-c6ccccc6)cc(-c6ccccc6)n5)c5ccccc45)cc3)c2-c2ccc3ccccc3c21. The summed E-state index contributed by atoms with van der Waals surface area (Å²) in [5.41, 5.74) is 15.3. The highest BCUT2D eigenvalue weighted by atomic mass is 14.9. The zero-order chi connectivity index (χ0) is 35.5. The highest BCUT2D eigenvalue weighted by Gasteiger charge is 2.38. The molecule has 0 aliphatic heterocycles. The van der Waals surface area contributed by atoms with E-state index in [9.17, 15) is 0 Å². The molecule has 0 saturated heterocycles. The standard InChI is InChI=1S/C51H36N2/c1-51(2)45-23-13-22-39(48(45)44-29-28-33-14-9-10-19-40(33)49(44)51)35-26-24-34(25-27-35)38-30-31-43(42-21-12-11-20-41(38)42)50-52-46(36-15-5-3-6-16-36)32-47(53-50)37-17-7-4-8-18-37/h3-32H,1-2H3. The van der Waals surface area contributed by atoms with Gasteiger partial charge in [0.15, 0.2) is 5.82 Å². The molecule has 0 amide bonds. The molecule has 0 spiro atoms. The van der Waals surface area contributed by atoms with Crippen molar-refractivity contribution in [3.8, 4) is 67.3 Å². The number of nitrogens with zero attached hydrogens (tertiary/aromatic N) is 2. The summed E-state index contributed by atoms with van der Waals surface area (Å²) in [6, 6.07) is 65.3. The van der Waals surface area contributed by atoms with Crippen LogP contribution in [0.3, 0.4) is 0 Å². The van der Waals surface area contributed by atoms with Crippen LogP contribution in [0.25, 0.3) is 88.8 Å². The van der Waals surface area contributed by atoms with Gasteiger partial charge in [-0.15, -0.1) is 0 Å². The van der Waals surface area contributed by atoms with E-state index in [1.165, 1.54) is 60.7 Å². The summed E-state index contributed by atoms with van der Waals surface area (Å²) < 4.78 is 0. The second-order valence-corrected chi connectivity index (χ2v) is 14.5. The van der Waals surface area contributed by atoms with Gasteiger partial charge in [0.1, 0.15) is 0 Å². The Hall–Kier alpha value is -6.64. The summed E-state index contributed by atoms with van der Waals surface area (Å²) in [6.45, 7) is 4.74. The zero-order valence-corrected chi connectivity index (χ0v) is 29.7. The molecular formula is C51H36N2. The Kier molecular flexibility index (Phi) is 7.19. The summed E-state index contributed by atoms with van der Waals surface area (Å²) in [7, 11) is 0. The van der Waals surface area contributed by atoms with Crippen LogP contribution in [0.1, 0.15) is 25.0 Å². The van der Waals surface area contributed by atoms with Gasteiger partial charge in [0.25, 0.3) is 0 Å². The topological polar surface area (TPSA) is 25.8 Å². The van der Waals surface area contributed by atoms with Crippen LogP contribution in [-0.4, -0.2) is 9.97 Å². The van der Waals surface area contributed by atoms with E-state index in [4.69, 9.17) is 9.97 Å². The minimum absolute atomic E-state index is 0.0890. The van der Waals surface area contributed by atoms with Gasteiger partial charge in [-0.25, -0.2) is 9.97 Å². The maximum absolute atomic E-state index is 5.16. The van der Waals surface area contributed by atoms with E-state index in [1.54, 1.807) is 0 Å². The smallest absolute Gasteiger partial charge is 0.161 e. The Morgan fingerprint density at radius 1 is 0.377 bits per heavy atom. The van der Waals surface area contributed by atoms with E-state index in [-0.39, 0.29) is 5.41 Å². The van der Waals surface area contributed by atoms with Crippen molar-refractivity contribution in [2.45, 2.75) is 19.3 Å². The van der Waals surface area contributed by atoms with E-state index in [0.29, 0.717) is 0 Å². The van der Waals surface area contributed by atoms with E-state index in [0.717, 1.165) is 39.3 Å². The molecule has 2 nitrogen and oxygen atoms in total. The Balaban J connectivity index is 1.07. The van der Waals surface area contributed by atoms with Crippen LogP contribution in [0.4, 0.5) is 0 Å². The minimum atomic E-state index is -0.0890. The molecule has 0 bridgehead atoms. The van der Waals surface area contributed by atoms with Crippen LogP contribution in [0.15, 0.2) is 182 Å². The van der Waals surface area contributed by atoms with Gasteiger partial charge in [0, 0.05) is 22.1 Å². The summed E-state index contributed by atoms with van der Waals surface area (Å²) in [5.74, 6) is 0.720. The van der Waals surface area contributed by atoms with Gasteiger partial charge in [-0.3, -0.25) is 0 Å². The molecule has 53 heavy (non-hydrogen) atoms. The van der Waals surface area contributed by atoms with Crippen molar-refractivity contribution in [3.63, 3.8) is 0 Å². The van der Waals surface area contributed by atoms with Crippen molar-refractivity contribution in [1.82, 2.24) is 9.97 Å². The van der Waals surface area contributed by atoms with Crippen LogP contribution in [0.2, 0.25) is 0 Å². The van der Waals surface area contributed by atoms with E-state index in [1.807, 2.05) is 12.1 Å². The van der Waals surface area contributed by atoms with Crippen molar-refractivity contribution >= 4 is 21.5 Å². The molecule has 9 aromatic rings. The van der Waals surface area contributed by atoms with Gasteiger partial charge in [-0.05, 0) is 78.2 Å². The Morgan fingerprint density at radius 3 is 1.57 bits per heavy atom. The first kappa shape index (κ1) is 31.1. The molecule has 0 saturated carbocycles. The average molecular weight is 677 g/mol. The highest BCUT2D eigenvalue weighted by Crippen LogP contribution is 2.54. The second kappa shape index (κ2) is 12.3. The number of hydrogen-bond acceptors (Lipinski definition) is 2. The first-order valence-corrected chi connectivity index (χ1v) is 18.3. The van der Waals surface area contributed by atoms with Gasteiger partial charge < -0.3 is 0 Å². The molecule has 0 radical (unpaired) electrons. The third kappa shape index (κ3) is 5.10. The molecule has 1 aromatic heterocycles. The molecule has 10 rings (SSSR count).